The molecule has 2 aromatic carbocycles. The number of benzene rings is 2. The summed E-state index contributed by atoms with van der Waals surface area (Å²) in [6.07, 6.45) is 1.55. The van der Waals surface area contributed by atoms with Crippen molar-refractivity contribution in [1.29, 1.82) is 0 Å². The van der Waals surface area contributed by atoms with Gasteiger partial charge in [-0.1, -0.05) is 45.0 Å². The van der Waals surface area contributed by atoms with E-state index in [0.29, 0.717) is 29.2 Å². The van der Waals surface area contributed by atoms with Crippen molar-refractivity contribution in [1.82, 2.24) is 4.90 Å². The summed E-state index contributed by atoms with van der Waals surface area (Å²) in [5.74, 6) is -0.724. The quantitative estimate of drug-likeness (QED) is 0.370. The van der Waals surface area contributed by atoms with Gasteiger partial charge in [-0.3, -0.25) is 9.59 Å². The molecule has 2 fully saturated rings. The molecular formula is C28H33NO6. The summed E-state index contributed by atoms with van der Waals surface area (Å²) in [6.45, 7) is 7.07. The summed E-state index contributed by atoms with van der Waals surface area (Å²) in [7, 11) is 3.05. The second-order valence-electron chi connectivity index (χ2n) is 9.99. The Kier molecular flexibility index (Phi) is 6.90. The van der Waals surface area contributed by atoms with Crippen LogP contribution in [0.2, 0.25) is 0 Å². The van der Waals surface area contributed by atoms with Gasteiger partial charge < -0.3 is 24.2 Å². The Labute approximate surface area is 206 Å². The van der Waals surface area contributed by atoms with E-state index in [4.69, 9.17) is 14.2 Å². The number of rotatable bonds is 6. The number of likely N-dealkylation sites (tertiary alicyclic amines) is 1. The molecule has 0 saturated carbocycles. The zero-order chi connectivity index (χ0) is 25.3. The minimum Gasteiger partial charge on any atom is -0.507 e. The summed E-state index contributed by atoms with van der Waals surface area (Å²) in [6, 6.07) is 11.9. The Bertz CT molecular complexity index is 1160. The maximum absolute atomic E-state index is 13.4. The fraction of sp³-hybridized carbons (Fsp3) is 0.429. The van der Waals surface area contributed by atoms with E-state index < -0.39 is 17.7 Å². The maximum atomic E-state index is 13.4. The van der Waals surface area contributed by atoms with Crippen molar-refractivity contribution in [3.8, 4) is 11.5 Å². The molecule has 2 aromatic rings. The zero-order valence-corrected chi connectivity index (χ0v) is 21.0. The Morgan fingerprint density at radius 2 is 1.80 bits per heavy atom. The van der Waals surface area contributed by atoms with Gasteiger partial charge >= 0.3 is 0 Å². The molecule has 7 heteroatoms. The lowest BCUT2D eigenvalue weighted by Gasteiger charge is -2.28. The van der Waals surface area contributed by atoms with E-state index in [9.17, 15) is 14.7 Å². The fourth-order valence-electron chi connectivity index (χ4n) is 4.80. The van der Waals surface area contributed by atoms with E-state index in [2.05, 4.69) is 20.8 Å². The Morgan fingerprint density at radius 3 is 2.43 bits per heavy atom. The van der Waals surface area contributed by atoms with E-state index in [-0.39, 0.29) is 29.4 Å². The van der Waals surface area contributed by atoms with Gasteiger partial charge in [0.2, 0.25) is 0 Å². The molecule has 0 spiro atoms. The molecule has 2 aliphatic rings. The number of amides is 1. The predicted octanol–water partition coefficient (Wildman–Crippen LogP) is 4.60. The van der Waals surface area contributed by atoms with Gasteiger partial charge in [-0.2, -0.15) is 0 Å². The average Bonchev–Trinajstić information content (AvgIpc) is 3.45. The molecule has 7 nitrogen and oxygen atoms in total. The van der Waals surface area contributed by atoms with Crippen LogP contribution >= 0.6 is 0 Å². The summed E-state index contributed by atoms with van der Waals surface area (Å²) in [4.78, 5) is 28.2. The molecule has 1 amide bonds. The third-order valence-corrected chi connectivity index (χ3v) is 6.72. The van der Waals surface area contributed by atoms with E-state index in [0.717, 1.165) is 18.4 Å². The lowest BCUT2D eigenvalue weighted by Crippen LogP contribution is -2.36. The summed E-state index contributed by atoms with van der Waals surface area (Å²) in [5.41, 5.74) is 1.77. The maximum Gasteiger partial charge on any atom is 0.295 e. The van der Waals surface area contributed by atoms with Gasteiger partial charge in [0, 0.05) is 18.7 Å². The molecule has 0 bridgehead atoms. The molecule has 186 valence electrons. The summed E-state index contributed by atoms with van der Waals surface area (Å²) in [5, 5.41) is 11.6. The minimum absolute atomic E-state index is 0.0156. The lowest BCUT2D eigenvalue weighted by molar-refractivity contribution is -0.140. The number of para-hydroxylation sites is 1. The third-order valence-electron chi connectivity index (χ3n) is 6.72. The van der Waals surface area contributed by atoms with E-state index in [1.54, 1.807) is 19.2 Å². The van der Waals surface area contributed by atoms with Gasteiger partial charge in [0.25, 0.3) is 11.7 Å². The fourth-order valence-corrected chi connectivity index (χ4v) is 4.80. The number of aliphatic hydroxyl groups is 1. The van der Waals surface area contributed by atoms with Crippen molar-refractivity contribution < 1.29 is 28.9 Å². The average molecular weight is 480 g/mol. The number of hydrogen-bond acceptors (Lipinski definition) is 6. The molecule has 1 N–H and O–H groups in total. The van der Waals surface area contributed by atoms with Crippen LogP contribution in [0.1, 0.15) is 56.3 Å². The second-order valence-corrected chi connectivity index (χ2v) is 9.99. The van der Waals surface area contributed by atoms with Gasteiger partial charge in [-0.15, -0.1) is 0 Å². The standard InChI is InChI=1S/C28H33NO6/c1-28(2,3)17-12-13-22(34-5)20(15-17)25(30)23-24(19-10-6-7-11-21(19)33-4)29(27(32)26(23)31)16-18-9-8-14-35-18/h6-7,10-13,15,18,24,30H,8-9,14,16H2,1-5H3/b25-23+. The van der Waals surface area contributed by atoms with Crippen LogP contribution < -0.4 is 9.47 Å². The largest absolute Gasteiger partial charge is 0.507 e. The number of methoxy groups -OCH3 is 2. The van der Waals surface area contributed by atoms with Crippen LogP contribution in [0.3, 0.4) is 0 Å². The van der Waals surface area contributed by atoms with Crippen molar-refractivity contribution in [2.24, 2.45) is 0 Å². The molecular weight excluding hydrogens is 446 g/mol. The van der Waals surface area contributed by atoms with Crippen LogP contribution in [0, 0.1) is 0 Å². The van der Waals surface area contributed by atoms with Crippen LogP contribution in [-0.4, -0.2) is 55.2 Å². The molecule has 4 rings (SSSR count). The Hall–Kier alpha value is -3.32. The highest BCUT2D eigenvalue weighted by molar-refractivity contribution is 6.46. The van der Waals surface area contributed by atoms with Gasteiger partial charge in [0.1, 0.15) is 17.3 Å². The van der Waals surface area contributed by atoms with Crippen LogP contribution in [0.4, 0.5) is 0 Å². The first-order valence-corrected chi connectivity index (χ1v) is 11.9. The van der Waals surface area contributed by atoms with E-state index >= 15 is 0 Å². The van der Waals surface area contributed by atoms with Crippen LogP contribution in [0.25, 0.3) is 5.76 Å². The predicted molar refractivity (Wildman–Crippen MR) is 133 cm³/mol. The van der Waals surface area contributed by atoms with Crippen molar-refractivity contribution in [2.45, 2.75) is 51.2 Å². The smallest absolute Gasteiger partial charge is 0.295 e. The first-order chi connectivity index (χ1) is 16.7. The third kappa shape index (κ3) is 4.65. The topological polar surface area (TPSA) is 85.3 Å². The van der Waals surface area contributed by atoms with Crippen LogP contribution in [0.15, 0.2) is 48.0 Å². The minimum atomic E-state index is -0.821. The number of carbonyl (C=O) groups is 2. The van der Waals surface area contributed by atoms with E-state index in [1.807, 2.05) is 30.3 Å². The highest BCUT2D eigenvalue weighted by Gasteiger charge is 2.48. The van der Waals surface area contributed by atoms with Crippen LogP contribution in [0.5, 0.6) is 11.5 Å². The number of nitrogens with zero attached hydrogens (tertiary/aromatic N) is 1. The number of Topliss-reactive ketones (excluding diaryl/α,β-unsaturated/α-hetero) is 1. The molecule has 0 radical (unpaired) electrons. The SMILES string of the molecule is COc1ccc(C(C)(C)C)cc1/C(O)=C1\C(=O)C(=O)N(CC2CCCO2)C1c1ccccc1OC. The number of aliphatic hydroxyl groups excluding tert-OH is 1. The molecule has 2 heterocycles. The first kappa shape index (κ1) is 24.8. The first-order valence-electron chi connectivity index (χ1n) is 11.9. The Balaban J connectivity index is 1.93. The normalized spacial score (nSPS) is 22.0. The molecule has 35 heavy (non-hydrogen) atoms. The summed E-state index contributed by atoms with van der Waals surface area (Å²) < 4.78 is 16.9. The number of ether oxygens (including phenoxy) is 3. The van der Waals surface area contributed by atoms with Crippen molar-refractivity contribution in [2.75, 3.05) is 27.4 Å². The number of ketones is 1. The van der Waals surface area contributed by atoms with Gasteiger partial charge in [0.05, 0.1) is 37.5 Å². The molecule has 2 saturated heterocycles. The second kappa shape index (κ2) is 9.74. The van der Waals surface area contributed by atoms with Crippen LogP contribution in [-0.2, 0) is 19.7 Å². The summed E-state index contributed by atoms with van der Waals surface area (Å²) >= 11 is 0. The van der Waals surface area contributed by atoms with Crippen molar-refractivity contribution >= 4 is 17.4 Å². The number of hydrogen-bond donors (Lipinski definition) is 1. The zero-order valence-electron chi connectivity index (χ0n) is 21.0. The van der Waals surface area contributed by atoms with Gasteiger partial charge in [-0.05, 0) is 42.0 Å². The molecule has 2 atom stereocenters. The Morgan fingerprint density at radius 1 is 1.09 bits per heavy atom. The molecule has 2 aliphatic heterocycles. The van der Waals surface area contributed by atoms with E-state index in [1.165, 1.54) is 12.0 Å². The number of carbonyl (C=O) groups excluding carboxylic acids is 2. The molecule has 2 unspecified atom stereocenters. The van der Waals surface area contributed by atoms with Crippen molar-refractivity contribution in [3.05, 3.63) is 64.7 Å². The van der Waals surface area contributed by atoms with Gasteiger partial charge in [0.15, 0.2) is 0 Å². The van der Waals surface area contributed by atoms with Crippen molar-refractivity contribution in [3.63, 3.8) is 0 Å². The molecule has 0 aliphatic carbocycles. The lowest BCUT2D eigenvalue weighted by atomic mass is 9.85. The highest BCUT2D eigenvalue weighted by atomic mass is 16.5. The monoisotopic (exact) mass is 479 g/mol. The van der Waals surface area contributed by atoms with Gasteiger partial charge in [-0.25, -0.2) is 0 Å². The molecule has 0 aromatic heterocycles. The highest BCUT2D eigenvalue weighted by Crippen LogP contribution is 2.44.